The number of aromatic nitrogens is 3. The first-order valence-electron chi connectivity index (χ1n) is 15.2. The van der Waals surface area contributed by atoms with Crippen LogP contribution in [-0.4, -0.2) is 58.7 Å². The number of rotatable bonds is 9. The molecule has 3 N–H and O–H groups in total. The standard InChI is InChI=1S/C32H37FN6OS2.CH4O/c1-21(2)31-37-29(22-7-6-8-24(19-22)38-42-25-9-4-3-5-10-25)30(41-31)27-13-14-34-32(36-27)35-23-11-12-28(26(33)20-23)39-15-17-40-18-16-39;1-2/h6-8,11-14,19-21,25,38H,3-5,9-10,15-18H2,1-2H3,(H,34,35,36);2H,1H3. The number of halogens is 1. The van der Waals surface area contributed by atoms with E-state index in [4.69, 9.17) is 19.8 Å². The van der Waals surface area contributed by atoms with Crippen molar-refractivity contribution in [2.24, 2.45) is 0 Å². The highest BCUT2D eigenvalue weighted by atomic mass is 32.2. The van der Waals surface area contributed by atoms with Crippen molar-refractivity contribution in [1.82, 2.24) is 15.0 Å². The van der Waals surface area contributed by atoms with Crippen molar-refractivity contribution in [2.75, 3.05) is 48.4 Å². The van der Waals surface area contributed by atoms with Crippen LogP contribution in [0, 0.1) is 5.82 Å². The van der Waals surface area contributed by atoms with E-state index in [9.17, 15) is 0 Å². The molecule has 11 heteroatoms. The predicted octanol–water partition coefficient (Wildman–Crippen LogP) is 8.11. The quantitative estimate of drug-likeness (QED) is 0.158. The lowest BCUT2D eigenvalue weighted by Gasteiger charge is -2.29. The molecule has 2 aromatic heterocycles. The van der Waals surface area contributed by atoms with Crippen molar-refractivity contribution < 1.29 is 14.2 Å². The van der Waals surface area contributed by atoms with Crippen LogP contribution in [0.5, 0.6) is 0 Å². The van der Waals surface area contributed by atoms with Gasteiger partial charge in [-0.3, -0.25) is 0 Å². The maximum Gasteiger partial charge on any atom is 0.227 e. The summed E-state index contributed by atoms with van der Waals surface area (Å²) in [4.78, 5) is 17.3. The Morgan fingerprint density at radius 1 is 1.00 bits per heavy atom. The Labute approximate surface area is 267 Å². The highest BCUT2D eigenvalue weighted by Gasteiger charge is 2.20. The molecule has 0 atom stereocenters. The number of nitrogens with one attached hydrogen (secondary N) is 2. The van der Waals surface area contributed by atoms with E-state index in [1.165, 1.54) is 38.2 Å². The van der Waals surface area contributed by atoms with Crippen molar-refractivity contribution in [3.8, 4) is 21.8 Å². The Morgan fingerprint density at radius 3 is 2.55 bits per heavy atom. The van der Waals surface area contributed by atoms with Gasteiger partial charge in [-0.15, -0.1) is 11.3 Å². The molecule has 2 fully saturated rings. The van der Waals surface area contributed by atoms with Crippen molar-refractivity contribution >= 4 is 46.3 Å². The summed E-state index contributed by atoms with van der Waals surface area (Å²) in [5, 5.41) is 11.9. The molecule has 4 aromatic rings. The van der Waals surface area contributed by atoms with Crippen LogP contribution in [0.25, 0.3) is 21.8 Å². The second-order valence-corrected chi connectivity index (χ2v) is 13.2. The summed E-state index contributed by atoms with van der Waals surface area (Å²) >= 11 is 3.51. The van der Waals surface area contributed by atoms with Gasteiger partial charge in [0.2, 0.25) is 5.95 Å². The van der Waals surface area contributed by atoms with E-state index >= 15 is 4.39 Å². The van der Waals surface area contributed by atoms with Crippen LogP contribution in [0.2, 0.25) is 0 Å². The molecule has 1 aliphatic heterocycles. The number of benzene rings is 2. The SMILES string of the molecule is CC(C)c1nc(-c2cccc(NSC3CCCCC3)c2)c(-c2ccnc(Nc3ccc(N4CCOCC4)c(F)c3)n2)s1.CO. The molecule has 1 aliphatic carbocycles. The molecular formula is C33H41FN6O2S2. The molecule has 0 radical (unpaired) electrons. The number of aliphatic hydroxyl groups is 1. The van der Waals surface area contributed by atoms with Gasteiger partial charge in [-0.1, -0.05) is 45.2 Å². The monoisotopic (exact) mass is 636 g/mol. The summed E-state index contributed by atoms with van der Waals surface area (Å²) < 4.78 is 24.0. The predicted molar refractivity (Wildman–Crippen MR) is 182 cm³/mol. The zero-order valence-electron chi connectivity index (χ0n) is 25.6. The maximum atomic E-state index is 15.0. The molecule has 44 heavy (non-hydrogen) atoms. The van der Waals surface area contributed by atoms with E-state index in [2.05, 4.69) is 53.1 Å². The maximum absolute atomic E-state index is 15.0. The minimum Gasteiger partial charge on any atom is -0.400 e. The van der Waals surface area contributed by atoms with Crippen molar-refractivity contribution in [1.29, 1.82) is 0 Å². The normalized spacial score (nSPS) is 15.5. The van der Waals surface area contributed by atoms with Crippen LogP contribution < -0.4 is 14.9 Å². The highest BCUT2D eigenvalue weighted by molar-refractivity contribution is 8.01. The van der Waals surface area contributed by atoms with Gasteiger partial charge in [0.1, 0.15) is 5.82 Å². The number of morpholine rings is 1. The number of hydrogen-bond donors (Lipinski definition) is 3. The first kappa shape index (κ1) is 32.2. The van der Waals surface area contributed by atoms with E-state index < -0.39 is 0 Å². The average Bonchev–Trinajstić information content (AvgIpc) is 3.53. The number of aliphatic hydroxyl groups excluding tert-OH is 1. The van der Waals surface area contributed by atoms with Crippen molar-refractivity contribution in [3.63, 3.8) is 0 Å². The van der Waals surface area contributed by atoms with Gasteiger partial charge in [-0.25, -0.2) is 19.3 Å². The number of nitrogens with zero attached hydrogens (tertiary/aromatic N) is 4. The lowest BCUT2D eigenvalue weighted by molar-refractivity contribution is 0.122. The number of thiazole rings is 1. The minimum absolute atomic E-state index is 0.278. The minimum atomic E-state index is -0.278. The zero-order chi connectivity index (χ0) is 30.9. The van der Waals surface area contributed by atoms with E-state index in [0.29, 0.717) is 48.9 Å². The van der Waals surface area contributed by atoms with Crippen LogP contribution >= 0.6 is 23.3 Å². The largest absolute Gasteiger partial charge is 0.400 e. The van der Waals surface area contributed by atoms with Crippen molar-refractivity contribution in [2.45, 2.75) is 57.1 Å². The van der Waals surface area contributed by atoms with E-state index in [0.717, 1.165) is 39.6 Å². The van der Waals surface area contributed by atoms with Crippen molar-refractivity contribution in [3.05, 3.63) is 65.6 Å². The summed E-state index contributed by atoms with van der Waals surface area (Å²) in [7, 11) is 1.00. The summed E-state index contributed by atoms with van der Waals surface area (Å²) in [6, 6.07) is 15.6. The molecule has 6 rings (SSSR count). The van der Waals surface area contributed by atoms with Gasteiger partial charge in [-0.05, 0) is 61.2 Å². The van der Waals surface area contributed by atoms with Gasteiger partial charge < -0.3 is 24.8 Å². The van der Waals surface area contributed by atoms with Gasteiger partial charge in [0, 0.05) is 54.5 Å². The molecule has 2 aliphatic rings. The topological polar surface area (TPSA) is 95.4 Å². The number of hydrogen-bond acceptors (Lipinski definition) is 10. The summed E-state index contributed by atoms with van der Waals surface area (Å²) in [5.74, 6) is 0.424. The third kappa shape index (κ3) is 8.06. The summed E-state index contributed by atoms with van der Waals surface area (Å²) in [6.45, 7) is 6.91. The Balaban J connectivity index is 0.00000188. The molecule has 3 heterocycles. The van der Waals surface area contributed by atoms with E-state index in [1.54, 1.807) is 23.6 Å². The molecule has 2 aromatic carbocycles. The van der Waals surface area contributed by atoms with Gasteiger partial charge >= 0.3 is 0 Å². The van der Waals surface area contributed by atoms with Crippen LogP contribution in [0.1, 0.15) is 56.9 Å². The molecule has 1 saturated heterocycles. The highest BCUT2D eigenvalue weighted by Crippen LogP contribution is 2.40. The molecule has 1 saturated carbocycles. The van der Waals surface area contributed by atoms with E-state index in [1.807, 2.05) is 29.0 Å². The first-order valence-corrected chi connectivity index (χ1v) is 16.9. The molecule has 234 valence electrons. The number of anilines is 4. The van der Waals surface area contributed by atoms with Crippen LogP contribution in [-0.2, 0) is 4.74 Å². The Morgan fingerprint density at radius 2 is 1.80 bits per heavy atom. The van der Waals surface area contributed by atoms with Gasteiger partial charge in [0.05, 0.1) is 40.2 Å². The fourth-order valence-corrected chi connectivity index (χ4v) is 7.40. The smallest absolute Gasteiger partial charge is 0.227 e. The fourth-order valence-electron chi connectivity index (χ4n) is 5.34. The molecular weight excluding hydrogens is 596 g/mol. The third-order valence-electron chi connectivity index (χ3n) is 7.61. The molecule has 0 amide bonds. The third-order valence-corrected chi connectivity index (χ3v) is 10.1. The Hall–Kier alpha value is -3.25. The van der Waals surface area contributed by atoms with Crippen LogP contribution in [0.4, 0.5) is 27.4 Å². The van der Waals surface area contributed by atoms with Gasteiger partial charge in [0.15, 0.2) is 0 Å². The zero-order valence-corrected chi connectivity index (χ0v) is 27.2. The summed E-state index contributed by atoms with van der Waals surface area (Å²) in [6.07, 6.45) is 8.30. The molecule has 0 bridgehead atoms. The van der Waals surface area contributed by atoms with Gasteiger partial charge in [-0.2, -0.15) is 0 Å². The Bertz CT molecular complexity index is 1510. The van der Waals surface area contributed by atoms with E-state index in [-0.39, 0.29) is 11.7 Å². The molecule has 0 unspecified atom stereocenters. The fraction of sp³-hybridized carbons (Fsp3) is 0.424. The molecule has 0 spiro atoms. The number of ether oxygens (including phenoxy) is 1. The van der Waals surface area contributed by atoms with Gasteiger partial charge in [0.25, 0.3) is 0 Å². The second-order valence-electron chi connectivity index (χ2n) is 11.1. The lowest BCUT2D eigenvalue weighted by Crippen LogP contribution is -2.36. The molecule has 8 nitrogen and oxygen atoms in total. The summed E-state index contributed by atoms with van der Waals surface area (Å²) in [5.41, 5.74) is 5.02. The average molecular weight is 637 g/mol. The second kappa shape index (κ2) is 15.7. The van der Waals surface area contributed by atoms with Crippen LogP contribution in [0.3, 0.4) is 0 Å². The Kier molecular flexibility index (Phi) is 11.4. The first-order chi connectivity index (χ1) is 21.5. The lowest BCUT2D eigenvalue weighted by atomic mass is 10.0. The van der Waals surface area contributed by atoms with Crippen LogP contribution in [0.15, 0.2) is 54.7 Å².